The lowest BCUT2D eigenvalue weighted by Crippen LogP contribution is -2.25. The summed E-state index contributed by atoms with van der Waals surface area (Å²) in [5.41, 5.74) is 2.08. The van der Waals surface area contributed by atoms with E-state index in [1.54, 1.807) is 0 Å². The molecule has 0 spiro atoms. The Labute approximate surface area is 130 Å². The Kier molecular flexibility index (Phi) is 6.05. The van der Waals surface area contributed by atoms with Gasteiger partial charge in [-0.05, 0) is 36.2 Å². The lowest BCUT2D eigenvalue weighted by Gasteiger charge is -2.21. The fourth-order valence-corrected chi connectivity index (χ4v) is 2.49. The van der Waals surface area contributed by atoms with Crippen molar-refractivity contribution < 1.29 is 9.84 Å². The van der Waals surface area contributed by atoms with E-state index >= 15 is 0 Å². The molecule has 3 nitrogen and oxygen atoms in total. The third kappa shape index (κ3) is 4.21. The molecule has 2 N–H and O–H groups in total. The van der Waals surface area contributed by atoms with Crippen molar-refractivity contribution in [1.82, 2.24) is 5.32 Å². The molecule has 112 valence electrons. The summed E-state index contributed by atoms with van der Waals surface area (Å²) in [5, 5.41) is 13.1. The Balaban J connectivity index is 2.29. The minimum atomic E-state index is -0.0541. The van der Waals surface area contributed by atoms with Crippen molar-refractivity contribution in [3.63, 3.8) is 0 Å². The second kappa shape index (κ2) is 8.03. The number of aliphatic hydroxyl groups excluding tert-OH is 1. The van der Waals surface area contributed by atoms with E-state index in [0.717, 1.165) is 16.9 Å². The Morgan fingerprint density at radius 2 is 1.86 bits per heavy atom. The Morgan fingerprint density at radius 1 is 1.14 bits per heavy atom. The van der Waals surface area contributed by atoms with E-state index in [9.17, 15) is 0 Å². The van der Waals surface area contributed by atoms with Crippen LogP contribution < -0.4 is 10.1 Å². The lowest BCUT2D eigenvalue weighted by molar-refractivity contribution is 0.288. The maximum absolute atomic E-state index is 9.08. The van der Waals surface area contributed by atoms with E-state index in [0.29, 0.717) is 18.2 Å². The van der Waals surface area contributed by atoms with E-state index in [-0.39, 0.29) is 12.6 Å². The lowest BCUT2D eigenvalue weighted by atomic mass is 9.98. The predicted molar refractivity (Wildman–Crippen MR) is 86.0 cm³/mol. The Bertz CT molecular complexity index is 557. The smallest absolute Gasteiger partial charge is 0.119 e. The topological polar surface area (TPSA) is 41.5 Å². The van der Waals surface area contributed by atoms with Crippen molar-refractivity contribution >= 4 is 11.6 Å². The summed E-state index contributed by atoms with van der Waals surface area (Å²) in [4.78, 5) is 0. The van der Waals surface area contributed by atoms with Gasteiger partial charge in [-0.15, -0.1) is 0 Å². The molecule has 21 heavy (non-hydrogen) atoms. The number of aliphatic hydroxyl groups is 1. The Morgan fingerprint density at radius 3 is 2.48 bits per heavy atom. The van der Waals surface area contributed by atoms with Crippen molar-refractivity contribution in [2.45, 2.75) is 13.0 Å². The van der Waals surface area contributed by atoms with Crippen LogP contribution >= 0.6 is 11.6 Å². The molecule has 0 aliphatic rings. The van der Waals surface area contributed by atoms with Gasteiger partial charge < -0.3 is 15.2 Å². The molecular weight excluding hydrogens is 286 g/mol. The summed E-state index contributed by atoms with van der Waals surface area (Å²) in [7, 11) is 0. The summed E-state index contributed by atoms with van der Waals surface area (Å²) in [6.45, 7) is 3.19. The number of hydrogen-bond acceptors (Lipinski definition) is 3. The zero-order chi connectivity index (χ0) is 15.1. The highest BCUT2D eigenvalue weighted by atomic mass is 35.5. The van der Waals surface area contributed by atoms with E-state index in [1.165, 1.54) is 0 Å². The van der Waals surface area contributed by atoms with Crippen LogP contribution in [0, 0.1) is 0 Å². The number of ether oxygens (including phenoxy) is 1. The third-order valence-electron chi connectivity index (χ3n) is 3.20. The molecule has 0 amide bonds. The average Bonchev–Trinajstić information content (AvgIpc) is 2.51. The molecule has 0 aliphatic carbocycles. The van der Waals surface area contributed by atoms with Crippen molar-refractivity contribution in [2.24, 2.45) is 0 Å². The third-order valence-corrected chi connectivity index (χ3v) is 3.55. The van der Waals surface area contributed by atoms with Crippen LogP contribution in [0.1, 0.15) is 24.1 Å². The molecule has 2 aromatic rings. The molecule has 0 heterocycles. The van der Waals surface area contributed by atoms with E-state index in [1.807, 2.05) is 55.5 Å². The van der Waals surface area contributed by atoms with Crippen LogP contribution in [0.2, 0.25) is 5.02 Å². The molecule has 0 aromatic heterocycles. The van der Waals surface area contributed by atoms with Gasteiger partial charge in [0.15, 0.2) is 0 Å². The molecule has 0 aliphatic heterocycles. The SMILES string of the molecule is CCOc1ccc(C(NCCO)c2ccccc2Cl)cc1. The Hall–Kier alpha value is -1.55. The fourth-order valence-electron chi connectivity index (χ4n) is 2.25. The minimum absolute atomic E-state index is 0.0541. The van der Waals surface area contributed by atoms with Crippen LogP contribution in [-0.2, 0) is 0 Å². The van der Waals surface area contributed by atoms with Gasteiger partial charge in [0.05, 0.1) is 19.3 Å². The molecule has 0 saturated heterocycles. The molecule has 2 rings (SSSR count). The van der Waals surface area contributed by atoms with Crippen LogP contribution in [0.25, 0.3) is 0 Å². The number of halogens is 1. The van der Waals surface area contributed by atoms with E-state index in [4.69, 9.17) is 21.4 Å². The van der Waals surface area contributed by atoms with Crippen molar-refractivity contribution in [3.8, 4) is 5.75 Å². The number of rotatable bonds is 7. The van der Waals surface area contributed by atoms with Crippen LogP contribution in [0.15, 0.2) is 48.5 Å². The molecule has 1 atom stereocenters. The molecule has 0 bridgehead atoms. The largest absolute Gasteiger partial charge is 0.494 e. The van der Waals surface area contributed by atoms with Gasteiger partial charge in [0, 0.05) is 11.6 Å². The van der Waals surface area contributed by atoms with Crippen molar-refractivity contribution in [3.05, 3.63) is 64.7 Å². The van der Waals surface area contributed by atoms with Gasteiger partial charge in [-0.3, -0.25) is 0 Å². The molecule has 1 unspecified atom stereocenters. The maximum atomic E-state index is 9.08. The van der Waals surface area contributed by atoms with Gasteiger partial charge in [0.1, 0.15) is 5.75 Å². The van der Waals surface area contributed by atoms with Gasteiger partial charge in [-0.2, -0.15) is 0 Å². The fraction of sp³-hybridized carbons (Fsp3) is 0.294. The summed E-state index contributed by atoms with van der Waals surface area (Å²) in [5.74, 6) is 0.848. The van der Waals surface area contributed by atoms with E-state index in [2.05, 4.69) is 5.32 Å². The summed E-state index contributed by atoms with van der Waals surface area (Å²) in [6, 6.07) is 15.6. The average molecular weight is 306 g/mol. The first-order valence-electron chi connectivity index (χ1n) is 7.07. The van der Waals surface area contributed by atoms with Gasteiger partial charge >= 0.3 is 0 Å². The highest BCUT2D eigenvalue weighted by molar-refractivity contribution is 6.31. The van der Waals surface area contributed by atoms with Gasteiger partial charge in [-0.25, -0.2) is 0 Å². The first-order valence-corrected chi connectivity index (χ1v) is 7.45. The van der Waals surface area contributed by atoms with Gasteiger partial charge in [0.2, 0.25) is 0 Å². The number of nitrogens with one attached hydrogen (secondary N) is 1. The monoisotopic (exact) mass is 305 g/mol. The van der Waals surface area contributed by atoms with Crippen molar-refractivity contribution in [2.75, 3.05) is 19.8 Å². The summed E-state index contributed by atoms with van der Waals surface area (Å²) >= 11 is 6.30. The quantitative estimate of drug-likeness (QED) is 0.823. The maximum Gasteiger partial charge on any atom is 0.119 e. The van der Waals surface area contributed by atoms with Gasteiger partial charge in [0.25, 0.3) is 0 Å². The molecule has 0 radical (unpaired) electrons. The van der Waals surface area contributed by atoms with Crippen LogP contribution in [0.5, 0.6) is 5.75 Å². The number of benzene rings is 2. The number of hydrogen-bond donors (Lipinski definition) is 2. The molecule has 4 heteroatoms. The summed E-state index contributed by atoms with van der Waals surface area (Å²) in [6.07, 6.45) is 0. The van der Waals surface area contributed by atoms with Crippen LogP contribution in [0.3, 0.4) is 0 Å². The first-order chi connectivity index (χ1) is 10.3. The molecule has 0 fully saturated rings. The van der Waals surface area contributed by atoms with Gasteiger partial charge in [-0.1, -0.05) is 41.9 Å². The van der Waals surface area contributed by atoms with E-state index < -0.39 is 0 Å². The summed E-state index contributed by atoms with van der Waals surface area (Å²) < 4.78 is 5.46. The molecule has 0 saturated carbocycles. The first kappa shape index (κ1) is 15.8. The molecular formula is C17H20ClNO2. The zero-order valence-electron chi connectivity index (χ0n) is 12.1. The second-order valence-corrected chi connectivity index (χ2v) is 5.04. The highest BCUT2D eigenvalue weighted by Gasteiger charge is 2.16. The zero-order valence-corrected chi connectivity index (χ0v) is 12.8. The second-order valence-electron chi connectivity index (χ2n) is 4.63. The standard InChI is InChI=1S/C17H20ClNO2/c1-2-21-14-9-7-13(8-10-14)17(19-11-12-20)15-5-3-4-6-16(15)18/h3-10,17,19-20H,2,11-12H2,1H3. The van der Waals surface area contributed by atoms with Crippen molar-refractivity contribution in [1.29, 1.82) is 0 Å². The molecule has 2 aromatic carbocycles. The predicted octanol–water partition coefficient (Wildman–Crippen LogP) is 3.41. The normalized spacial score (nSPS) is 12.1. The van der Waals surface area contributed by atoms with Crippen LogP contribution in [0.4, 0.5) is 0 Å². The van der Waals surface area contributed by atoms with Crippen LogP contribution in [-0.4, -0.2) is 24.9 Å². The minimum Gasteiger partial charge on any atom is -0.494 e. The highest BCUT2D eigenvalue weighted by Crippen LogP contribution is 2.29.